The molecule has 44 valence electrons. The van der Waals surface area contributed by atoms with Crippen molar-refractivity contribution in [2.45, 2.75) is 0 Å². The maximum absolute atomic E-state index is 5.34. The molecule has 0 amide bonds. The lowest BCUT2D eigenvalue weighted by molar-refractivity contribution is 1.17. The minimum Gasteiger partial charge on any atom is -0.383 e. The molecule has 9 heavy (non-hydrogen) atoms. The Balaban J connectivity index is 3.20. The Morgan fingerprint density at radius 1 is 1.67 bits per heavy atom. The first kappa shape index (κ1) is 5.57. The molecule has 0 saturated heterocycles. The standard InChI is InChI=1S/C6H5N3/c1-2-5-3-8-4-9-6(5)7/h1,3-4H,(H2,7,8,9). The first-order chi connectivity index (χ1) is 4.34. The Bertz CT molecular complexity index is 249. The number of rotatable bonds is 0. The van der Waals surface area contributed by atoms with Crippen LogP contribution in [0.2, 0.25) is 0 Å². The summed E-state index contributed by atoms with van der Waals surface area (Å²) in [6.45, 7) is 0. The molecule has 0 aromatic carbocycles. The maximum atomic E-state index is 5.34. The third-order valence-corrected chi connectivity index (χ3v) is 0.899. The molecule has 0 aliphatic carbocycles. The molecule has 1 aromatic rings. The van der Waals surface area contributed by atoms with E-state index in [1.165, 1.54) is 12.5 Å². The van der Waals surface area contributed by atoms with E-state index in [1.807, 2.05) is 0 Å². The van der Waals surface area contributed by atoms with E-state index >= 15 is 0 Å². The van der Waals surface area contributed by atoms with Crippen LogP contribution in [0.1, 0.15) is 5.56 Å². The van der Waals surface area contributed by atoms with Crippen LogP contribution in [0, 0.1) is 12.3 Å². The van der Waals surface area contributed by atoms with Crippen LogP contribution >= 0.6 is 0 Å². The van der Waals surface area contributed by atoms with Crippen LogP contribution in [0.3, 0.4) is 0 Å². The van der Waals surface area contributed by atoms with Crippen molar-refractivity contribution >= 4 is 5.82 Å². The summed E-state index contributed by atoms with van der Waals surface area (Å²) >= 11 is 0. The van der Waals surface area contributed by atoms with Crippen LogP contribution in [0.5, 0.6) is 0 Å². The van der Waals surface area contributed by atoms with E-state index < -0.39 is 0 Å². The molecule has 0 atom stereocenters. The summed E-state index contributed by atoms with van der Waals surface area (Å²) in [4.78, 5) is 7.36. The molecule has 0 spiro atoms. The van der Waals surface area contributed by atoms with Gasteiger partial charge in [0.05, 0.1) is 5.56 Å². The number of terminal acetylenes is 1. The van der Waals surface area contributed by atoms with Crippen LogP contribution in [0.4, 0.5) is 5.82 Å². The normalized spacial score (nSPS) is 8.33. The lowest BCUT2D eigenvalue weighted by Crippen LogP contribution is -1.93. The average molecular weight is 119 g/mol. The van der Waals surface area contributed by atoms with Crippen LogP contribution in [0.25, 0.3) is 0 Å². The highest BCUT2D eigenvalue weighted by Crippen LogP contribution is 2.00. The van der Waals surface area contributed by atoms with Crippen LogP contribution in [0.15, 0.2) is 12.5 Å². The first-order valence-electron chi connectivity index (χ1n) is 2.36. The van der Waals surface area contributed by atoms with Crippen molar-refractivity contribution < 1.29 is 0 Å². The van der Waals surface area contributed by atoms with Crippen molar-refractivity contribution in [3.8, 4) is 12.3 Å². The molecule has 1 aromatic heterocycles. The average Bonchev–Trinajstić information content (AvgIpc) is 1.89. The van der Waals surface area contributed by atoms with Gasteiger partial charge in [-0.05, 0) is 0 Å². The van der Waals surface area contributed by atoms with E-state index in [0.29, 0.717) is 11.4 Å². The number of nitrogens with two attached hydrogens (primary N) is 1. The van der Waals surface area contributed by atoms with Crippen LogP contribution in [-0.2, 0) is 0 Å². The van der Waals surface area contributed by atoms with E-state index in [0.717, 1.165) is 0 Å². The van der Waals surface area contributed by atoms with E-state index in [4.69, 9.17) is 12.2 Å². The Morgan fingerprint density at radius 2 is 2.44 bits per heavy atom. The zero-order valence-corrected chi connectivity index (χ0v) is 4.70. The quantitative estimate of drug-likeness (QED) is 0.490. The minimum absolute atomic E-state index is 0.354. The van der Waals surface area contributed by atoms with Gasteiger partial charge in [-0.2, -0.15) is 0 Å². The molecule has 0 aliphatic rings. The molecule has 3 nitrogen and oxygen atoms in total. The highest BCUT2D eigenvalue weighted by molar-refractivity contribution is 5.47. The third kappa shape index (κ3) is 0.970. The van der Waals surface area contributed by atoms with E-state index in [2.05, 4.69) is 15.9 Å². The van der Waals surface area contributed by atoms with Gasteiger partial charge in [0.2, 0.25) is 0 Å². The van der Waals surface area contributed by atoms with Gasteiger partial charge in [0.1, 0.15) is 12.1 Å². The number of hydrogen-bond donors (Lipinski definition) is 1. The van der Waals surface area contributed by atoms with Crippen molar-refractivity contribution in [1.82, 2.24) is 9.97 Å². The maximum Gasteiger partial charge on any atom is 0.142 e. The fourth-order valence-corrected chi connectivity index (χ4v) is 0.450. The SMILES string of the molecule is C#Cc1cncnc1N. The Hall–Kier alpha value is -1.56. The summed E-state index contributed by atoms with van der Waals surface area (Å²) in [5.74, 6) is 2.70. The predicted molar refractivity (Wildman–Crippen MR) is 34.4 cm³/mol. The van der Waals surface area contributed by atoms with Crippen molar-refractivity contribution in [2.24, 2.45) is 0 Å². The van der Waals surface area contributed by atoms with Gasteiger partial charge in [0.15, 0.2) is 0 Å². The molecular weight excluding hydrogens is 114 g/mol. The Labute approximate surface area is 52.9 Å². The summed E-state index contributed by atoms with van der Waals surface area (Å²) in [7, 11) is 0. The fourth-order valence-electron chi connectivity index (χ4n) is 0.450. The third-order valence-electron chi connectivity index (χ3n) is 0.899. The summed E-state index contributed by atoms with van der Waals surface area (Å²) in [5.41, 5.74) is 5.88. The minimum atomic E-state index is 0.354. The number of nitrogen functional groups attached to an aromatic ring is 1. The molecule has 1 rings (SSSR count). The summed E-state index contributed by atoms with van der Waals surface area (Å²) in [6, 6.07) is 0. The van der Waals surface area contributed by atoms with Gasteiger partial charge >= 0.3 is 0 Å². The molecule has 2 N–H and O–H groups in total. The van der Waals surface area contributed by atoms with Gasteiger partial charge in [-0.15, -0.1) is 6.42 Å². The Kier molecular flexibility index (Phi) is 1.32. The van der Waals surface area contributed by atoms with Crippen LogP contribution < -0.4 is 5.73 Å². The van der Waals surface area contributed by atoms with E-state index in [9.17, 15) is 0 Å². The van der Waals surface area contributed by atoms with Crippen molar-refractivity contribution in [3.05, 3.63) is 18.1 Å². The molecular formula is C6H5N3. The van der Waals surface area contributed by atoms with Gasteiger partial charge in [-0.25, -0.2) is 9.97 Å². The summed E-state index contributed by atoms with van der Waals surface area (Å²) in [5, 5.41) is 0. The number of aromatic nitrogens is 2. The second-order valence-corrected chi connectivity index (χ2v) is 1.47. The molecule has 0 fully saturated rings. The lowest BCUT2D eigenvalue weighted by Gasteiger charge is -1.91. The van der Waals surface area contributed by atoms with Gasteiger partial charge in [-0.3, -0.25) is 0 Å². The highest BCUT2D eigenvalue weighted by atomic mass is 14.9. The molecule has 0 bridgehead atoms. The summed E-state index contributed by atoms with van der Waals surface area (Å²) < 4.78 is 0. The number of nitrogens with zero attached hydrogens (tertiary/aromatic N) is 2. The molecule has 0 unspecified atom stereocenters. The number of anilines is 1. The van der Waals surface area contributed by atoms with Crippen molar-refractivity contribution in [3.63, 3.8) is 0 Å². The number of hydrogen-bond acceptors (Lipinski definition) is 3. The zero-order valence-electron chi connectivity index (χ0n) is 4.70. The smallest absolute Gasteiger partial charge is 0.142 e. The first-order valence-corrected chi connectivity index (χ1v) is 2.36. The van der Waals surface area contributed by atoms with Gasteiger partial charge in [-0.1, -0.05) is 5.92 Å². The predicted octanol–water partition coefficient (Wildman–Crippen LogP) is 0.0401. The van der Waals surface area contributed by atoms with Crippen molar-refractivity contribution in [2.75, 3.05) is 5.73 Å². The van der Waals surface area contributed by atoms with Crippen molar-refractivity contribution in [1.29, 1.82) is 0 Å². The largest absolute Gasteiger partial charge is 0.383 e. The molecule has 1 heterocycles. The van der Waals surface area contributed by atoms with E-state index in [1.54, 1.807) is 0 Å². The van der Waals surface area contributed by atoms with Gasteiger partial charge in [0.25, 0.3) is 0 Å². The monoisotopic (exact) mass is 119 g/mol. The van der Waals surface area contributed by atoms with Crippen LogP contribution in [-0.4, -0.2) is 9.97 Å². The Morgan fingerprint density at radius 3 is 2.89 bits per heavy atom. The molecule has 3 heteroatoms. The zero-order chi connectivity index (χ0) is 6.69. The van der Waals surface area contributed by atoms with Gasteiger partial charge in [0, 0.05) is 6.20 Å². The van der Waals surface area contributed by atoms with E-state index in [-0.39, 0.29) is 0 Å². The highest BCUT2D eigenvalue weighted by Gasteiger charge is 1.91. The second kappa shape index (κ2) is 2.14. The molecule has 0 saturated carbocycles. The fraction of sp³-hybridized carbons (Fsp3) is 0. The van der Waals surface area contributed by atoms with Gasteiger partial charge < -0.3 is 5.73 Å². The molecule has 0 aliphatic heterocycles. The second-order valence-electron chi connectivity index (χ2n) is 1.47. The lowest BCUT2D eigenvalue weighted by atomic mass is 10.3. The topological polar surface area (TPSA) is 51.8 Å². The molecule has 0 radical (unpaired) electrons. The summed E-state index contributed by atoms with van der Waals surface area (Å²) in [6.07, 6.45) is 7.90.